The maximum atomic E-state index is 14.8. The van der Waals surface area contributed by atoms with Crippen molar-refractivity contribution in [3.63, 3.8) is 0 Å². The van der Waals surface area contributed by atoms with Crippen molar-refractivity contribution < 1.29 is 19.2 Å². The number of hydrogen-bond donors (Lipinski definition) is 4. The van der Waals surface area contributed by atoms with Crippen molar-refractivity contribution in [2.75, 3.05) is 10.6 Å². The molecule has 4 saturated heterocycles. The number of benzene rings is 4. The lowest BCUT2D eigenvalue weighted by atomic mass is 9.54. The van der Waals surface area contributed by atoms with E-state index in [9.17, 15) is 19.2 Å². The minimum absolute atomic E-state index is 0.131. The molecule has 4 aromatic carbocycles. The molecule has 10 nitrogen and oxygen atoms in total. The van der Waals surface area contributed by atoms with E-state index in [2.05, 4.69) is 71.5 Å². The van der Waals surface area contributed by atoms with E-state index in [1.165, 1.54) is 0 Å². The first-order valence-corrected chi connectivity index (χ1v) is 18.3. The van der Waals surface area contributed by atoms with Gasteiger partial charge in [-0.1, -0.05) is 96.1 Å². The van der Waals surface area contributed by atoms with Gasteiger partial charge in [0.1, 0.15) is 36.5 Å². The third-order valence-electron chi connectivity index (χ3n) is 12.8. The lowest BCUT2D eigenvalue weighted by Gasteiger charge is -2.48. The fraction of sp³-hybridized carbons (Fsp3) is 0.333. The summed E-state index contributed by atoms with van der Waals surface area (Å²) in [5.41, 5.74) is 6.13. The maximum absolute atomic E-state index is 14.8. The van der Waals surface area contributed by atoms with Crippen LogP contribution in [0.1, 0.15) is 46.2 Å². The SMILES string of the molecule is Cc1ccc2c(c1)[C@@]1([C@@]34C[C@H]5C(=O)N[C@@H](Cc6ccccc6)C(=O)N5[C@H]3Nc3ccc(C)cc34)C[C@H]3C(=O)N[C@@H](Cc4ccccc4)C(=O)N3[C@H]1N2. The standard InChI is InChI=1S/C42H40N6O4/c1-23-13-15-29-27(17-23)41(21-33-35(49)43-31(19-25-9-5-3-6-10-25)37(51)47(33)39(41)45-29)42-22-34-36(50)44-32(20-26-11-7-4-8-12-26)38(52)48(34)40(42)46-30-16-14-24(2)18-28(30)42/h3-18,31-34,39-40,45-46H,19-22H2,1-2H3,(H,43,49)(H,44,50)/t31-,32-,33-,34-,39+,40+,41-,42+/m0/s1. The van der Waals surface area contributed by atoms with Gasteiger partial charge in [-0.05, 0) is 61.1 Å². The monoisotopic (exact) mass is 692 g/mol. The Labute approximate surface area is 302 Å². The highest BCUT2D eigenvalue weighted by Gasteiger charge is 2.78. The molecule has 0 saturated carbocycles. The Morgan fingerprint density at radius 1 is 0.558 bits per heavy atom. The predicted octanol–water partition coefficient (Wildman–Crippen LogP) is 3.67. The second kappa shape index (κ2) is 10.9. The van der Waals surface area contributed by atoms with E-state index in [0.717, 1.165) is 44.8 Å². The lowest BCUT2D eigenvalue weighted by Crippen LogP contribution is -2.67. The molecule has 4 amide bonds. The molecule has 8 atom stereocenters. The van der Waals surface area contributed by atoms with E-state index in [1.807, 2.05) is 60.7 Å². The van der Waals surface area contributed by atoms with Crippen LogP contribution in [0.2, 0.25) is 0 Å². The Morgan fingerprint density at radius 2 is 0.962 bits per heavy atom. The quantitative estimate of drug-likeness (QED) is 0.253. The number of amides is 4. The third kappa shape index (κ3) is 4.06. The zero-order valence-electron chi connectivity index (χ0n) is 29.1. The van der Waals surface area contributed by atoms with E-state index in [1.54, 1.807) is 9.80 Å². The lowest BCUT2D eigenvalue weighted by molar-refractivity contribution is -0.149. The number of nitrogens with zero attached hydrogens (tertiary/aromatic N) is 2. The molecular weight excluding hydrogens is 652 g/mol. The fourth-order valence-electron chi connectivity index (χ4n) is 10.7. The summed E-state index contributed by atoms with van der Waals surface area (Å²) < 4.78 is 0. The number of fused-ring (bicyclic) bond motifs is 11. The molecule has 0 radical (unpaired) electrons. The van der Waals surface area contributed by atoms with Gasteiger partial charge in [0.05, 0.1) is 10.8 Å². The smallest absolute Gasteiger partial charge is 0.247 e. The number of hydrogen-bond acceptors (Lipinski definition) is 6. The maximum Gasteiger partial charge on any atom is 0.247 e. The molecule has 10 heteroatoms. The van der Waals surface area contributed by atoms with Crippen LogP contribution in [-0.4, -0.2) is 69.9 Å². The Morgan fingerprint density at radius 3 is 1.37 bits per heavy atom. The van der Waals surface area contributed by atoms with Gasteiger partial charge in [0.25, 0.3) is 0 Å². The van der Waals surface area contributed by atoms with Crippen molar-refractivity contribution in [3.05, 3.63) is 130 Å². The van der Waals surface area contributed by atoms with Crippen molar-refractivity contribution in [2.24, 2.45) is 0 Å². The number of nitrogens with one attached hydrogen (secondary N) is 4. The summed E-state index contributed by atoms with van der Waals surface area (Å²) in [7, 11) is 0. The highest BCUT2D eigenvalue weighted by atomic mass is 16.2. The topological polar surface area (TPSA) is 123 Å². The summed E-state index contributed by atoms with van der Waals surface area (Å²) in [5, 5.41) is 13.7. The number of carbonyl (C=O) groups is 4. The van der Waals surface area contributed by atoms with Crippen LogP contribution in [0.25, 0.3) is 0 Å². The number of carbonyl (C=O) groups excluding carboxylic acids is 4. The van der Waals surface area contributed by atoms with Gasteiger partial charge in [0.2, 0.25) is 23.6 Å². The Balaban J connectivity index is 1.15. The van der Waals surface area contributed by atoms with Gasteiger partial charge in [0, 0.05) is 24.2 Å². The van der Waals surface area contributed by atoms with Crippen LogP contribution in [0.4, 0.5) is 11.4 Å². The van der Waals surface area contributed by atoms with Gasteiger partial charge >= 0.3 is 0 Å². The number of rotatable bonds is 5. The first-order valence-electron chi connectivity index (χ1n) is 18.3. The first kappa shape index (κ1) is 31.1. The fourth-order valence-corrected chi connectivity index (χ4v) is 10.7. The molecule has 4 N–H and O–H groups in total. The van der Waals surface area contributed by atoms with Gasteiger partial charge in [-0.3, -0.25) is 19.2 Å². The number of aryl methyl sites for hydroxylation is 2. The van der Waals surface area contributed by atoms with Crippen LogP contribution in [0.5, 0.6) is 0 Å². The van der Waals surface area contributed by atoms with Crippen LogP contribution < -0.4 is 21.3 Å². The predicted molar refractivity (Wildman–Crippen MR) is 195 cm³/mol. The van der Waals surface area contributed by atoms with Crippen molar-refractivity contribution in [3.8, 4) is 0 Å². The Bertz CT molecular complexity index is 2040. The zero-order chi connectivity index (χ0) is 35.5. The van der Waals surface area contributed by atoms with E-state index in [-0.39, 0.29) is 23.6 Å². The highest BCUT2D eigenvalue weighted by Crippen LogP contribution is 2.69. The van der Waals surface area contributed by atoms with Crippen molar-refractivity contribution >= 4 is 35.0 Å². The van der Waals surface area contributed by atoms with E-state index < -0.39 is 47.3 Å². The van der Waals surface area contributed by atoms with E-state index in [0.29, 0.717) is 25.7 Å². The average Bonchev–Trinajstić information content (AvgIpc) is 3.85. The molecule has 10 rings (SSSR count). The molecule has 0 aliphatic carbocycles. The summed E-state index contributed by atoms with van der Waals surface area (Å²) in [5.74, 6) is -0.622. The molecule has 52 heavy (non-hydrogen) atoms. The van der Waals surface area contributed by atoms with Crippen LogP contribution in [0.15, 0.2) is 97.1 Å². The Kier molecular flexibility index (Phi) is 6.54. The molecule has 0 bridgehead atoms. The second-order valence-electron chi connectivity index (χ2n) is 15.6. The largest absolute Gasteiger partial charge is 0.364 e. The van der Waals surface area contributed by atoms with Gasteiger partial charge in [-0.2, -0.15) is 0 Å². The molecule has 0 spiro atoms. The summed E-state index contributed by atoms with van der Waals surface area (Å²) in [6, 6.07) is 29.2. The highest BCUT2D eigenvalue weighted by molar-refractivity contribution is 6.01. The van der Waals surface area contributed by atoms with Crippen molar-refractivity contribution in [1.29, 1.82) is 0 Å². The molecule has 0 unspecified atom stereocenters. The summed E-state index contributed by atoms with van der Waals surface area (Å²) in [6.45, 7) is 4.11. The van der Waals surface area contributed by atoms with Crippen molar-refractivity contribution in [2.45, 2.75) is 86.9 Å². The minimum atomic E-state index is -0.878. The Hall–Kier alpha value is -5.64. The average molecular weight is 693 g/mol. The van der Waals surface area contributed by atoms with E-state index >= 15 is 0 Å². The van der Waals surface area contributed by atoms with Gasteiger partial charge in [0.15, 0.2) is 0 Å². The third-order valence-corrected chi connectivity index (χ3v) is 12.8. The van der Waals surface area contributed by atoms with Gasteiger partial charge in [-0.25, -0.2) is 0 Å². The normalized spacial score (nSPS) is 32.1. The first-order chi connectivity index (χ1) is 25.2. The molecule has 262 valence electrons. The minimum Gasteiger partial charge on any atom is -0.364 e. The van der Waals surface area contributed by atoms with Crippen molar-refractivity contribution in [1.82, 2.24) is 20.4 Å². The number of piperazine rings is 2. The zero-order valence-corrected chi connectivity index (χ0v) is 29.1. The van der Waals surface area contributed by atoms with Gasteiger partial charge < -0.3 is 31.1 Å². The van der Waals surface area contributed by atoms with Crippen LogP contribution in [0.3, 0.4) is 0 Å². The van der Waals surface area contributed by atoms with Crippen LogP contribution >= 0.6 is 0 Å². The summed E-state index contributed by atoms with van der Waals surface area (Å²) in [4.78, 5) is 61.7. The summed E-state index contributed by atoms with van der Waals surface area (Å²) >= 11 is 0. The van der Waals surface area contributed by atoms with Crippen LogP contribution in [-0.2, 0) is 42.8 Å². The summed E-state index contributed by atoms with van der Waals surface area (Å²) in [6.07, 6.45) is 0.247. The van der Waals surface area contributed by atoms with E-state index in [4.69, 9.17) is 0 Å². The van der Waals surface area contributed by atoms with Gasteiger partial charge in [-0.15, -0.1) is 0 Å². The number of anilines is 2. The molecule has 4 fully saturated rings. The molecule has 0 aromatic heterocycles. The second-order valence-corrected chi connectivity index (χ2v) is 15.6. The van der Waals surface area contributed by atoms with Crippen LogP contribution in [0, 0.1) is 13.8 Å². The molecule has 4 aromatic rings. The molecule has 6 aliphatic rings. The molecule has 6 heterocycles. The molecule has 6 aliphatic heterocycles. The molecular formula is C42H40N6O4.